The van der Waals surface area contributed by atoms with Gasteiger partial charge in [-0.15, -0.1) is 0 Å². The second-order valence-corrected chi connectivity index (χ2v) is 5.93. The smallest absolute Gasteiger partial charge is 0.292 e. The summed E-state index contributed by atoms with van der Waals surface area (Å²) in [6.45, 7) is 2.07. The Labute approximate surface area is 128 Å². The molecule has 1 saturated carbocycles. The van der Waals surface area contributed by atoms with E-state index in [9.17, 15) is 4.79 Å². The molecule has 6 nitrogen and oxygen atoms in total. The van der Waals surface area contributed by atoms with E-state index in [4.69, 9.17) is 4.52 Å². The van der Waals surface area contributed by atoms with Crippen molar-refractivity contribution < 1.29 is 9.32 Å². The van der Waals surface area contributed by atoms with Gasteiger partial charge < -0.3 is 14.7 Å². The number of aromatic nitrogens is 2. The summed E-state index contributed by atoms with van der Waals surface area (Å²) in [5, 5.41) is 7.46. The first kappa shape index (κ1) is 13.5. The first-order chi connectivity index (χ1) is 10.8. The Bertz CT molecular complexity index is 666. The normalized spacial score (nSPS) is 21.8. The molecule has 2 fully saturated rings. The van der Waals surface area contributed by atoms with Crippen LogP contribution in [0.2, 0.25) is 0 Å². The highest BCUT2D eigenvalue weighted by Crippen LogP contribution is 2.39. The van der Waals surface area contributed by atoms with E-state index in [1.165, 1.54) is 0 Å². The van der Waals surface area contributed by atoms with E-state index < -0.39 is 0 Å². The minimum absolute atomic E-state index is 0.0695. The highest BCUT2D eigenvalue weighted by Gasteiger charge is 2.31. The van der Waals surface area contributed by atoms with Gasteiger partial charge in [-0.25, -0.2) is 0 Å². The maximum absolute atomic E-state index is 12.6. The second-order valence-electron chi connectivity index (χ2n) is 5.93. The fourth-order valence-electron chi connectivity index (χ4n) is 2.87. The summed E-state index contributed by atoms with van der Waals surface area (Å²) < 4.78 is 5.25. The number of carbonyl (C=O) groups is 1. The summed E-state index contributed by atoms with van der Waals surface area (Å²) in [6, 6.07) is 5.89. The van der Waals surface area contributed by atoms with Crippen molar-refractivity contribution in [3.63, 3.8) is 0 Å². The van der Waals surface area contributed by atoms with Crippen LogP contribution >= 0.6 is 0 Å². The highest BCUT2D eigenvalue weighted by molar-refractivity contribution is 5.91. The number of hydrogen-bond donors (Lipinski definition) is 1. The van der Waals surface area contributed by atoms with Gasteiger partial charge in [-0.3, -0.25) is 9.78 Å². The molecule has 1 aliphatic carbocycles. The van der Waals surface area contributed by atoms with Gasteiger partial charge in [0.15, 0.2) is 0 Å². The van der Waals surface area contributed by atoms with E-state index in [0.29, 0.717) is 24.8 Å². The molecule has 4 rings (SSSR count). The Morgan fingerprint density at radius 2 is 2.14 bits per heavy atom. The molecule has 3 heterocycles. The lowest BCUT2D eigenvalue weighted by Gasteiger charge is -2.33. The van der Waals surface area contributed by atoms with Gasteiger partial charge in [-0.05, 0) is 30.5 Å². The van der Waals surface area contributed by atoms with Crippen molar-refractivity contribution >= 4 is 5.91 Å². The van der Waals surface area contributed by atoms with Crippen LogP contribution in [0.15, 0.2) is 35.1 Å². The van der Waals surface area contributed by atoms with Crippen molar-refractivity contribution in [1.29, 1.82) is 0 Å². The molecule has 1 N–H and O–H groups in total. The molecule has 2 aliphatic rings. The van der Waals surface area contributed by atoms with Crippen LogP contribution < -0.4 is 5.32 Å². The lowest BCUT2D eigenvalue weighted by atomic mass is 10.1. The van der Waals surface area contributed by atoms with Crippen LogP contribution in [0.3, 0.4) is 0 Å². The summed E-state index contributed by atoms with van der Waals surface area (Å²) >= 11 is 0. The molecule has 0 radical (unpaired) electrons. The zero-order valence-corrected chi connectivity index (χ0v) is 12.2. The van der Waals surface area contributed by atoms with Gasteiger partial charge in [0.25, 0.3) is 5.91 Å². The third-order valence-corrected chi connectivity index (χ3v) is 4.31. The largest absolute Gasteiger partial charge is 0.351 e. The average molecular weight is 298 g/mol. The molecule has 114 valence electrons. The molecule has 22 heavy (non-hydrogen) atoms. The third kappa shape index (κ3) is 2.62. The summed E-state index contributed by atoms with van der Waals surface area (Å²) in [6.07, 6.45) is 5.85. The number of amides is 1. The summed E-state index contributed by atoms with van der Waals surface area (Å²) in [5.41, 5.74) is 2.06. The van der Waals surface area contributed by atoms with Gasteiger partial charge in [-0.1, -0.05) is 5.16 Å². The fraction of sp³-hybridized carbons (Fsp3) is 0.438. The zero-order chi connectivity index (χ0) is 14.9. The van der Waals surface area contributed by atoms with Gasteiger partial charge in [0.2, 0.25) is 5.76 Å². The van der Waals surface area contributed by atoms with E-state index >= 15 is 0 Å². The maximum atomic E-state index is 12.6. The Morgan fingerprint density at radius 1 is 1.32 bits per heavy atom. The number of hydrogen-bond acceptors (Lipinski definition) is 5. The number of nitrogens with one attached hydrogen (secondary N) is 1. The Kier molecular flexibility index (Phi) is 3.38. The zero-order valence-electron chi connectivity index (χ0n) is 12.2. The molecule has 1 atom stereocenters. The van der Waals surface area contributed by atoms with Crippen LogP contribution in [-0.4, -0.2) is 40.6 Å². The Hall–Kier alpha value is -2.21. The highest BCUT2D eigenvalue weighted by atomic mass is 16.5. The Balaban J connectivity index is 1.48. The fourth-order valence-corrected chi connectivity index (χ4v) is 2.87. The summed E-state index contributed by atoms with van der Waals surface area (Å²) in [7, 11) is 0. The number of piperazine rings is 1. The van der Waals surface area contributed by atoms with Gasteiger partial charge in [-0.2, -0.15) is 0 Å². The van der Waals surface area contributed by atoms with Crippen molar-refractivity contribution in [3.05, 3.63) is 47.6 Å². The lowest BCUT2D eigenvalue weighted by molar-refractivity contribution is 0.0661. The number of rotatable bonds is 3. The van der Waals surface area contributed by atoms with Crippen molar-refractivity contribution in [1.82, 2.24) is 20.4 Å². The second kappa shape index (κ2) is 5.53. The van der Waals surface area contributed by atoms with Crippen LogP contribution in [0.1, 0.15) is 46.6 Å². The topological polar surface area (TPSA) is 71.3 Å². The standard InChI is InChI=1S/C16H18N4O2/c21-16(15-9-13(19-22-15)11-1-2-11)20-8-7-18-14(10-20)12-3-5-17-6-4-12/h3-6,9,11,14,18H,1-2,7-8,10H2. The van der Waals surface area contributed by atoms with Gasteiger partial charge in [0.05, 0.1) is 11.7 Å². The number of carbonyl (C=O) groups excluding carboxylic acids is 1. The van der Waals surface area contributed by atoms with Crippen molar-refractivity contribution in [3.8, 4) is 0 Å². The molecule has 2 aromatic heterocycles. The van der Waals surface area contributed by atoms with Crippen molar-refractivity contribution in [2.24, 2.45) is 0 Å². The van der Waals surface area contributed by atoms with Crippen LogP contribution in [0, 0.1) is 0 Å². The predicted octanol–water partition coefficient (Wildman–Crippen LogP) is 1.73. The van der Waals surface area contributed by atoms with Gasteiger partial charge >= 0.3 is 0 Å². The number of nitrogens with zero attached hydrogens (tertiary/aromatic N) is 3. The first-order valence-electron chi connectivity index (χ1n) is 7.70. The molecule has 0 aromatic carbocycles. The van der Waals surface area contributed by atoms with E-state index in [-0.39, 0.29) is 11.9 Å². The van der Waals surface area contributed by atoms with Crippen molar-refractivity contribution in [2.45, 2.75) is 24.8 Å². The summed E-state index contributed by atoms with van der Waals surface area (Å²) in [4.78, 5) is 18.5. The van der Waals surface area contributed by atoms with E-state index in [0.717, 1.165) is 30.6 Å². The Morgan fingerprint density at radius 3 is 2.91 bits per heavy atom. The molecular weight excluding hydrogens is 280 g/mol. The maximum Gasteiger partial charge on any atom is 0.292 e. The summed E-state index contributed by atoms with van der Waals surface area (Å²) in [5.74, 6) is 0.787. The molecule has 2 aromatic rings. The third-order valence-electron chi connectivity index (χ3n) is 4.31. The first-order valence-corrected chi connectivity index (χ1v) is 7.70. The van der Waals surface area contributed by atoms with E-state index in [1.54, 1.807) is 12.4 Å². The molecule has 1 amide bonds. The van der Waals surface area contributed by atoms with Crippen LogP contribution in [0.25, 0.3) is 0 Å². The lowest BCUT2D eigenvalue weighted by Crippen LogP contribution is -2.48. The molecule has 1 saturated heterocycles. The molecule has 1 unspecified atom stereocenters. The molecule has 1 aliphatic heterocycles. The van der Waals surface area contributed by atoms with Gasteiger partial charge in [0.1, 0.15) is 0 Å². The predicted molar refractivity (Wildman–Crippen MR) is 79.4 cm³/mol. The molecule has 0 bridgehead atoms. The minimum atomic E-state index is -0.0695. The SMILES string of the molecule is O=C(c1cc(C2CC2)no1)N1CCNC(c2ccncc2)C1. The quantitative estimate of drug-likeness (QED) is 0.934. The molecule has 6 heteroatoms. The van der Waals surface area contributed by atoms with Gasteiger partial charge in [0, 0.05) is 44.0 Å². The number of pyridine rings is 1. The minimum Gasteiger partial charge on any atom is -0.351 e. The van der Waals surface area contributed by atoms with Crippen LogP contribution in [-0.2, 0) is 0 Å². The van der Waals surface area contributed by atoms with E-state index in [2.05, 4.69) is 15.5 Å². The van der Waals surface area contributed by atoms with Crippen molar-refractivity contribution in [2.75, 3.05) is 19.6 Å². The van der Waals surface area contributed by atoms with Crippen LogP contribution in [0.5, 0.6) is 0 Å². The molecule has 0 spiro atoms. The molecular formula is C16H18N4O2. The van der Waals surface area contributed by atoms with Crippen LogP contribution in [0.4, 0.5) is 0 Å². The average Bonchev–Trinajstić information content (AvgIpc) is 3.32. The van der Waals surface area contributed by atoms with E-state index in [1.807, 2.05) is 23.1 Å². The monoisotopic (exact) mass is 298 g/mol.